The van der Waals surface area contributed by atoms with Crippen LogP contribution in [0.25, 0.3) is 0 Å². The lowest BCUT2D eigenvalue weighted by molar-refractivity contribution is -0.137. The number of pyridine rings is 1. The first-order valence-corrected chi connectivity index (χ1v) is 3.96. The zero-order chi connectivity index (χ0) is 9.68. The van der Waals surface area contributed by atoms with E-state index >= 15 is 0 Å². The number of carbonyl (C=O) groups is 1. The standard InChI is InChI=1S/C9H11NO3/c1-7-2-3-8(6-10-7)13-5-4-9(11)12/h2-3,6H,4-5H2,1H3,(H,11,12). The summed E-state index contributed by atoms with van der Waals surface area (Å²) in [6, 6.07) is 3.58. The van der Waals surface area contributed by atoms with Crippen LogP contribution in [0.2, 0.25) is 0 Å². The van der Waals surface area contributed by atoms with Crippen molar-refractivity contribution in [3.8, 4) is 5.75 Å². The molecule has 0 aliphatic carbocycles. The van der Waals surface area contributed by atoms with Gasteiger partial charge in [-0.25, -0.2) is 0 Å². The van der Waals surface area contributed by atoms with Gasteiger partial charge in [0.25, 0.3) is 0 Å². The van der Waals surface area contributed by atoms with Crippen molar-refractivity contribution >= 4 is 5.97 Å². The highest BCUT2D eigenvalue weighted by Gasteiger charge is 1.97. The molecule has 4 heteroatoms. The lowest BCUT2D eigenvalue weighted by Gasteiger charge is -2.03. The zero-order valence-electron chi connectivity index (χ0n) is 7.36. The van der Waals surface area contributed by atoms with Crippen molar-refractivity contribution in [2.24, 2.45) is 0 Å². The van der Waals surface area contributed by atoms with E-state index in [0.29, 0.717) is 5.75 Å². The SMILES string of the molecule is Cc1ccc(OCCC(=O)O)cn1. The molecular weight excluding hydrogens is 170 g/mol. The monoisotopic (exact) mass is 181 g/mol. The van der Waals surface area contributed by atoms with E-state index in [2.05, 4.69) is 4.98 Å². The summed E-state index contributed by atoms with van der Waals surface area (Å²) in [4.78, 5) is 14.2. The van der Waals surface area contributed by atoms with Gasteiger partial charge in [0.1, 0.15) is 5.75 Å². The summed E-state index contributed by atoms with van der Waals surface area (Å²) in [5.41, 5.74) is 0.908. The molecular formula is C9H11NO3. The highest BCUT2D eigenvalue weighted by Crippen LogP contribution is 2.08. The highest BCUT2D eigenvalue weighted by molar-refractivity contribution is 5.66. The quantitative estimate of drug-likeness (QED) is 0.759. The maximum absolute atomic E-state index is 10.1. The van der Waals surface area contributed by atoms with E-state index in [9.17, 15) is 4.79 Å². The maximum atomic E-state index is 10.1. The van der Waals surface area contributed by atoms with Gasteiger partial charge in [0, 0.05) is 5.69 Å². The van der Waals surface area contributed by atoms with E-state index in [4.69, 9.17) is 9.84 Å². The summed E-state index contributed by atoms with van der Waals surface area (Å²) >= 11 is 0. The summed E-state index contributed by atoms with van der Waals surface area (Å²) < 4.78 is 5.13. The molecule has 0 spiro atoms. The highest BCUT2D eigenvalue weighted by atomic mass is 16.5. The average molecular weight is 181 g/mol. The predicted molar refractivity (Wildman–Crippen MR) is 46.7 cm³/mol. The summed E-state index contributed by atoms with van der Waals surface area (Å²) in [7, 11) is 0. The van der Waals surface area contributed by atoms with Gasteiger partial charge in [0.2, 0.25) is 0 Å². The number of carboxylic acid groups (broad SMARTS) is 1. The van der Waals surface area contributed by atoms with E-state index in [1.807, 2.05) is 13.0 Å². The summed E-state index contributed by atoms with van der Waals surface area (Å²) in [6.07, 6.45) is 1.59. The van der Waals surface area contributed by atoms with Crippen LogP contribution in [0.3, 0.4) is 0 Å². The number of aryl methyl sites for hydroxylation is 1. The molecule has 0 aliphatic heterocycles. The Morgan fingerprint density at radius 1 is 1.62 bits per heavy atom. The average Bonchev–Trinajstić information content (AvgIpc) is 2.08. The van der Waals surface area contributed by atoms with Crippen molar-refractivity contribution in [3.05, 3.63) is 24.0 Å². The molecule has 0 saturated carbocycles. The van der Waals surface area contributed by atoms with Crippen LogP contribution in [0.1, 0.15) is 12.1 Å². The van der Waals surface area contributed by atoms with Crippen molar-refractivity contribution in [3.63, 3.8) is 0 Å². The number of hydrogen-bond acceptors (Lipinski definition) is 3. The predicted octanol–water partition coefficient (Wildman–Crippen LogP) is 1.24. The number of carboxylic acids is 1. The molecule has 1 N–H and O–H groups in total. The zero-order valence-corrected chi connectivity index (χ0v) is 7.36. The first-order valence-electron chi connectivity index (χ1n) is 3.96. The van der Waals surface area contributed by atoms with Gasteiger partial charge in [0.05, 0.1) is 19.2 Å². The molecule has 0 radical (unpaired) electrons. The molecule has 1 rings (SSSR count). The Labute approximate surface area is 76.2 Å². The molecule has 0 unspecified atom stereocenters. The van der Waals surface area contributed by atoms with Crippen molar-refractivity contribution in [2.75, 3.05) is 6.61 Å². The normalized spacial score (nSPS) is 9.62. The van der Waals surface area contributed by atoms with Crippen molar-refractivity contribution in [1.82, 2.24) is 4.98 Å². The van der Waals surface area contributed by atoms with Crippen molar-refractivity contribution in [1.29, 1.82) is 0 Å². The van der Waals surface area contributed by atoms with E-state index in [1.165, 1.54) is 0 Å². The molecule has 1 aromatic rings. The molecule has 0 amide bonds. The molecule has 0 aromatic carbocycles. The second kappa shape index (κ2) is 4.45. The Bertz CT molecular complexity index is 281. The maximum Gasteiger partial charge on any atom is 0.306 e. The van der Waals surface area contributed by atoms with Crippen LogP contribution in [-0.2, 0) is 4.79 Å². The fourth-order valence-electron chi connectivity index (χ4n) is 0.796. The van der Waals surface area contributed by atoms with Crippen LogP contribution in [0.15, 0.2) is 18.3 Å². The van der Waals surface area contributed by atoms with Crippen LogP contribution in [0, 0.1) is 6.92 Å². The van der Waals surface area contributed by atoms with Crippen molar-refractivity contribution in [2.45, 2.75) is 13.3 Å². The largest absolute Gasteiger partial charge is 0.491 e. The van der Waals surface area contributed by atoms with Crippen LogP contribution < -0.4 is 4.74 Å². The van der Waals surface area contributed by atoms with Gasteiger partial charge in [0.15, 0.2) is 0 Å². The first-order chi connectivity index (χ1) is 6.18. The third-order valence-electron chi connectivity index (χ3n) is 1.47. The van der Waals surface area contributed by atoms with E-state index < -0.39 is 5.97 Å². The number of nitrogens with zero attached hydrogens (tertiary/aromatic N) is 1. The Kier molecular flexibility index (Phi) is 3.25. The first kappa shape index (κ1) is 9.51. The molecule has 13 heavy (non-hydrogen) atoms. The second-order valence-corrected chi connectivity index (χ2v) is 2.63. The van der Waals surface area contributed by atoms with Gasteiger partial charge in [-0.15, -0.1) is 0 Å². The van der Waals surface area contributed by atoms with Gasteiger partial charge >= 0.3 is 5.97 Å². The molecule has 1 heterocycles. The summed E-state index contributed by atoms with van der Waals surface area (Å²) in [6.45, 7) is 2.06. The number of ether oxygens (including phenoxy) is 1. The number of rotatable bonds is 4. The van der Waals surface area contributed by atoms with Gasteiger partial charge in [-0.05, 0) is 19.1 Å². The molecule has 0 atom stereocenters. The Morgan fingerprint density at radius 3 is 2.92 bits per heavy atom. The molecule has 0 bridgehead atoms. The Morgan fingerprint density at radius 2 is 2.38 bits per heavy atom. The van der Waals surface area contributed by atoms with E-state index in [0.717, 1.165) is 5.69 Å². The van der Waals surface area contributed by atoms with Gasteiger partial charge in [-0.2, -0.15) is 0 Å². The topological polar surface area (TPSA) is 59.4 Å². The minimum atomic E-state index is -0.861. The number of aromatic nitrogens is 1. The van der Waals surface area contributed by atoms with Crippen LogP contribution in [-0.4, -0.2) is 22.7 Å². The molecule has 4 nitrogen and oxygen atoms in total. The van der Waals surface area contributed by atoms with Gasteiger partial charge in [-0.1, -0.05) is 0 Å². The number of aliphatic carboxylic acids is 1. The molecule has 70 valence electrons. The smallest absolute Gasteiger partial charge is 0.306 e. The minimum Gasteiger partial charge on any atom is -0.491 e. The van der Waals surface area contributed by atoms with Gasteiger partial charge in [-0.3, -0.25) is 9.78 Å². The molecule has 1 aromatic heterocycles. The lowest BCUT2D eigenvalue weighted by atomic mass is 10.4. The van der Waals surface area contributed by atoms with Crippen LogP contribution >= 0.6 is 0 Å². The lowest BCUT2D eigenvalue weighted by Crippen LogP contribution is -2.04. The minimum absolute atomic E-state index is 0.00781. The molecule has 0 fully saturated rings. The Balaban J connectivity index is 2.37. The third kappa shape index (κ3) is 3.55. The van der Waals surface area contributed by atoms with E-state index in [1.54, 1.807) is 12.3 Å². The number of hydrogen-bond donors (Lipinski definition) is 1. The third-order valence-corrected chi connectivity index (χ3v) is 1.47. The van der Waals surface area contributed by atoms with Crippen molar-refractivity contribution < 1.29 is 14.6 Å². The molecule has 0 aliphatic rings. The van der Waals surface area contributed by atoms with E-state index in [-0.39, 0.29) is 13.0 Å². The van der Waals surface area contributed by atoms with Crippen LogP contribution in [0.5, 0.6) is 5.75 Å². The fourth-order valence-corrected chi connectivity index (χ4v) is 0.796. The Hall–Kier alpha value is -1.58. The summed E-state index contributed by atoms with van der Waals surface area (Å²) in [5, 5.41) is 8.34. The summed E-state index contributed by atoms with van der Waals surface area (Å²) in [5.74, 6) is -0.257. The fraction of sp³-hybridized carbons (Fsp3) is 0.333. The van der Waals surface area contributed by atoms with Crippen LogP contribution in [0.4, 0.5) is 0 Å². The second-order valence-electron chi connectivity index (χ2n) is 2.63. The molecule has 0 saturated heterocycles. The van der Waals surface area contributed by atoms with Gasteiger partial charge < -0.3 is 9.84 Å².